The molecule has 1 saturated heterocycles. The number of aromatic nitrogens is 3. The van der Waals surface area contributed by atoms with Crippen LogP contribution < -0.4 is 4.74 Å². The first-order chi connectivity index (χ1) is 15.2. The number of likely N-dealkylation sites (tertiary alicyclic amines) is 1. The van der Waals surface area contributed by atoms with Crippen molar-refractivity contribution in [2.75, 3.05) is 20.3 Å². The first-order valence-electron chi connectivity index (χ1n) is 10.0. The number of benzene rings is 1. The minimum atomic E-state index is -0.519. The largest absolute Gasteiger partial charge is 0.484 e. The minimum Gasteiger partial charge on any atom is -0.484 e. The lowest BCUT2D eigenvalue weighted by Crippen LogP contribution is -2.41. The van der Waals surface area contributed by atoms with Crippen LogP contribution in [0.25, 0.3) is 11.4 Å². The van der Waals surface area contributed by atoms with E-state index in [0.29, 0.717) is 29.6 Å². The van der Waals surface area contributed by atoms with Crippen molar-refractivity contribution >= 4 is 11.9 Å². The lowest BCUT2D eigenvalue weighted by atomic mass is 10.0. The van der Waals surface area contributed by atoms with E-state index in [9.17, 15) is 9.59 Å². The number of piperidine rings is 1. The van der Waals surface area contributed by atoms with E-state index < -0.39 is 5.97 Å². The molecule has 1 aliphatic heterocycles. The highest BCUT2D eigenvalue weighted by molar-refractivity contribution is 5.87. The molecule has 4 rings (SSSR count). The molecule has 1 aliphatic rings. The van der Waals surface area contributed by atoms with Crippen LogP contribution in [0, 0.1) is 0 Å². The number of amides is 1. The van der Waals surface area contributed by atoms with Crippen LogP contribution in [0.3, 0.4) is 0 Å². The van der Waals surface area contributed by atoms with E-state index in [1.165, 1.54) is 19.4 Å². The summed E-state index contributed by atoms with van der Waals surface area (Å²) in [5, 5.41) is 4.03. The summed E-state index contributed by atoms with van der Waals surface area (Å²) in [4.78, 5) is 34.6. The average molecular weight is 422 g/mol. The first-order valence-corrected chi connectivity index (χ1v) is 10.0. The zero-order chi connectivity index (χ0) is 21.6. The Balaban J connectivity index is 1.46. The number of hydrogen-bond acceptors (Lipinski definition) is 8. The summed E-state index contributed by atoms with van der Waals surface area (Å²) in [5.74, 6) is 0.719. The van der Waals surface area contributed by atoms with E-state index >= 15 is 0 Å². The Morgan fingerprint density at radius 3 is 2.74 bits per heavy atom. The molecule has 0 unspecified atom stereocenters. The van der Waals surface area contributed by atoms with Crippen molar-refractivity contribution in [3.63, 3.8) is 0 Å². The Hall–Kier alpha value is -3.75. The maximum atomic E-state index is 12.8. The first kappa shape index (κ1) is 20.5. The third-order valence-electron chi connectivity index (χ3n) is 5.07. The fourth-order valence-electron chi connectivity index (χ4n) is 3.47. The van der Waals surface area contributed by atoms with Gasteiger partial charge in [0.25, 0.3) is 5.91 Å². The molecule has 0 saturated carbocycles. The summed E-state index contributed by atoms with van der Waals surface area (Å²) in [6.45, 7) is 0.551. The number of methoxy groups -OCH3 is 1. The lowest BCUT2D eigenvalue weighted by molar-refractivity contribution is -0.138. The van der Waals surface area contributed by atoms with E-state index in [-0.39, 0.29) is 24.2 Å². The van der Waals surface area contributed by atoms with Gasteiger partial charge in [0, 0.05) is 18.3 Å². The number of carbonyl (C=O) groups excluding carboxylic acids is 2. The van der Waals surface area contributed by atoms with Gasteiger partial charge in [0.2, 0.25) is 11.7 Å². The number of nitrogens with zero attached hydrogens (tertiary/aromatic N) is 4. The second kappa shape index (κ2) is 9.38. The van der Waals surface area contributed by atoms with Crippen molar-refractivity contribution in [3.05, 3.63) is 60.2 Å². The van der Waals surface area contributed by atoms with E-state index in [1.807, 2.05) is 30.3 Å². The monoisotopic (exact) mass is 422 g/mol. The van der Waals surface area contributed by atoms with Crippen molar-refractivity contribution < 1.29 is 23.6 Å². The van der Waals surface area contributed by atoms with Crippen molar-refractivity contribution in [2.45, 2.75) is 25.3 Å². The maximum Gasteiger partial charge on any atom is 0.356 e. The Morgan fingerprint density at radius 2 is 2.00 bits per heavy atom. The number of ether oxygens (including phenoxy) is 2. The van der Waals surface area contributed by atoms with Crippen molar-refractivity contribution in [1.82, 2.24) is 20.0 Å². The van der Waals surface area contributed by atoms with Crippen LogP contribution in [-0.2, 0) is 9.53 Å². The van der Waals surface area contributed by atoms with Crippen molar-refractivity contribution in [2.24, 2.45) is 0 Å². The molecular formula is C22H22N4O5. The SMILES string of the molecule is COC(=O)c1ccc(-c2noc([C@H]3CCCCN3C(=O)COc3ccccc3)n2)cn1. The molecule has 0 N–H and O–H groups in total. The zero-order valence-electron chi connectivity index (χ0n) is 17.1. The number of carbonyl (C=O) groups is 2. The van der Waals surface area contributed by atoms with Crippen LogP contribution in [-0.4, -0.2) is 52.2 Å². The standard InChI is InChI=1S/C22H22N4O5/c1-29-22(28)17-11-10-15(13-23-17)20-24-21(31-25-20)18-9-5-6-12-26(18)19(27)14-30-16-7-3-2-4-8-16/h2-4,7-8,10-11,13,18H,5-6,9,12,14H2,1H3/t18-/m1/s1. The van der Waals surface area contributed by atoms with Gasteiger partial charge in [-0.3, -0.25) is 4.79 Å². The topological polar surface area (TPSA) is 108 Å². The fraction of sp³-hybridized carbons (Fsp3) is 0.318. The zero-order valence-corrected chi connectivity index (χ0v) is 17.1. The molecule has 1 aromatic carbocycles. The Bertz CT molecular complexity index is 1040. The van der Waals surface area contributed by atoms with Crippen molar-refractivity contribution in [1.29, 1.82) is 0 Å². The molecule has 2 aromatic heterocycles. The molecule has 31 heavy (non-hydrogen) atoms. The van der Waals surface area contributed by atoms with Crippen LogP contribution >= 0.6 is 0 Å². The maximum absolute atomic E-state index is 12.8. The Labute approximate surface area is 179 Å². The number of rotatable bonds is 6. The van der Waals surface area contributed by atoms with Crippen LogP contribution in [0.2, 0.25) is 0 Å². The third-order valence-corrected chi connectivity index (χ3v) is 5.07. The normalized spacial score (nSPS) is 16.0. The predicted molar refractivity (Wildman–Crippen MR) is 109 cm³/mol. The molecule has 9 nitrogen and oxygen atoms in total. The molecule has 1 fully saturated rings. The van der Waals surface area contributed by atoms with Crippen LogP contribution in [0.15, 0.2) is 53.2 Å². The van der Waals surface area contributed by atoms with E-state index in [0.717, 1.165) is 19.3 Å². The van der Waals surface area contributed by atoms with E-state index in [2.05, 4.69) is 19.9 Å². The quantitative estimate of drug-likeness (QED) is 0.558. The molecule has 1 amide bonds. The van der Waals surface area contributed by atoms with Crippen LogP contribution in [0.4, 0.5) is 0 Å². The Kier molecular flexibility index (Phi) is 6.21. The number of esters is 1. The van der Waals surface area contributed by atoms with Gasteiger partial charge < -0.3 is 18.9 Å². The molecular weight excluding hydrogens is 400 g/mol. The van der Waals surface area contributed by atoms with Gasteiger partial charge in [-0.1, -0.05) is 23.4 Å². The van der Waals surface area contributed by atoms with Gasteiger partial charge in [-0.05, 0) is 43.5 Å². The summed E-state index contributed by atoms with van der Waals surface area (Å²) in [7, 11) is 1.30. The van der Waals surface area contributed by atoms with Gasteiger partial charge in [0.1, 0.15) is 17.5 Å². The van der Waals surface area contributed by atoms with Crippen molar-refractivity contribution in [3.8, 4) is 17.1 Å². The highest BCUT2D eigenvalue weighted by Gasteiger charge is 2.32. The van der Waals surface area contributed by atoms with Gasteiger partial charge in [0.15, 0.2) is 6.61 Å². The minimum absolute atomic E-state index is 0.0551. The summed E-state index contributed by atoms with van der Waals surface area (Å²) < 4.78 is 15.7. The molecule has 160 valence electrons. The third kappa shape index (κ3) is 4.71. The summed E-state index contributed by atoms with van der Waals surface area (Å²) in [5.41, 5.74) is 0.793. The van der Waals surface area contributed by atoms with Crippen LogP contribution in [0.5, 0.6) is 5.75 Å². The summed E-state index contributed by atoms with van der Waals surface area (Å²) >= 11 is 0. The molecule has 0 aliphatic carbocycles. The molecule has 0 spiro atoms. The van der Waals surface area contributed by atoms with Gasteiger partial charge in [0.05, 0.1) is 7.11 Å². The van der Waals surface area contributed by atoms with Gasteiger partial charge in [-0.25, -0.2) is 9.78 Å². The van der Waals surface area contributed by atoms with E-state index in [4.69, 9.17) is 9.26 Å². The fourth-order valence-corrected chi connectivity index (χ4v) is 3.47. The Morgan fingerprint density at radius 1 is 1.16 bits per heavy atom. The second-order valence-electron chi connectivity index (χ2n) is 7.08. The molecule has 0 radical (unpaired) electrons. The lowest BCUT2D eigenvalue weighted by Gasteiger charge is -2.33. The smallest absolute Gasteiger partial charge is 0.356 e. The number of hydrogen-bond donors (Lipinski definition) is 0. The summed E-state index contributed by atoms with van der Waals surface area (Å²) in [6, 6.07) is 12.1. The van der Waals surface area contributed by atoms with Gasteiger partial charge >= 0.3 is 5.97 Å². The molecule has 0 bridgehead atoms. The number of pyridine rings is 1. The highest BCUT2D eigenvalue weighted by Crippen LogP contribution is 2.31. The predicted octanol–water partition coefficient (Wildman–Crippen LogP) is 3.05. The molecule has 9 heteroatoms. The van der Waals surface area contributed by atoms with E-state index in [1.54, 1.807) is 11.0 Å². The average Bonchev–Trinajstić information content (AvgIpc) is 3.33. The van der Waals surface area contributed by atoms with Gasteiger partial charge in [-0.2, -0.15) is 4.98 Å². The molecule has 3 aromatic rings. The molecule has 3 heterocycles. The highest BCUT2D eigenvalue weighted by atomic mass is 16.5. The second-order valence-corrected chi connectivity index (χ2v) is 7.08. The number of para-hydroxylation sites is 1. The molecule has 1 atom stereocenters. The van der Waals surface area contributed by atoms with Crippen LogP contribution in [0.1, 0.15) is 41.7 Å². The summed E-state index contributed by atoms with van der Waals surface area (Å²) in [6.07, 6.45) is 4.09. The van der Waals surface area contributed by atoms with Gasteiger partial charge in [-0.15, -0.1) is 0 Å².